The Morgan fingerprint density at radius 3 is 2.79 bits per heavy atom. The van der Waals surface area contributed by atoms with Crippen LogP contribution in [0, 0.1) is 0 Å². The maximum atomic E-state index is 11.6. The first-order chi connectivity index (χ1) is 9.26. The molecular weight excluding hydrogens is 244 g/mol. The van der Waals surface area contributed by atoms with E-state index in [0.29, 0.717) is 11.3 Å². The Bertz CT molecular complexity index is 508. The van der Waals surface area contributed by atoms with Crippen molar-refractivity contribution in [1.82, 2.24) is 5.32 Å². The highest BCUT2D eigenvalue weighted by Crippen LogP contribution is 2.26. The van der Waals surface area contributed by atoms with Gasteiger partial charge in [-0.15, -0.1) is 0 Å². The van der Waals surface area contributed by atoms with Crippen molar-refractivity contribution in [2.45, 2.75) is 26.8 Å². The predicted molar refractivity (Wildman–Crippen MR) is 73.2 cm³/mol. The Labute approximate surface area is 112 Å². The van der Waals surface area contributed by atoms with Gasteiger partial charge in [0.25, 0.3) is 5.91 Å². The van der Waals surface area contributed by atoms with Crippen LogP contribution in [0.4, 0.5) is 0 Å². The molecule has 0 atom stereocenters. The van der Waals surface area contributed by atoms with Crippen LogP contribution in [0.1, 0.15) is 35.3 Å². The highest BCUT2D eigenvalue weighted by atomic mass is 16.5. The summed E-state index contributed by atoms with van der Waals surface area (Å²) in [6, 6.07) is 3.58. The average molecular weight is 262 g/mol. The van der Waals surface area contributed by atoms with Crippen LogP contribution in [0.5, 0.6) is 5.75 Å². The molecule has 2 rings (SSSR count). The number of carbonyl (C=O) groups is 1. The third-order valence-electron chi connectivity index (χ3n) is 2.77. The van der Waals surface area contributed by atoms with E-state index in [4.69, 9.17) is 10.3 Å². The minimum Gasteiger partial charge on any atom is -0.496 e. The number of azide groups is 1. The number of methoxy groups -OCH3 is 1. The van der Waals surface area contributed by atoms with Crippen molar-refractivity contribution < 1.29 is 9.53 Å². The summed E-state index contributed by atoms with van der Waals surface area (Å²) in [7, 11) is 1.50. The van der Waals surface area contributed by atoms with Crippen molar-refractivity contribution in [2.24, 2.45) is 5.11 Å². The van der Waals surface area contributed by atoms with Crippen LogP contribution in [0.25, 0.3) is 10.4 Å². The third kappa shape index (κ3) is 3.47. The van der Waals surface area contributed by atoms with E-state index < -0.39 is 5.91 Å². The number of fused-ring (bicyclic) bond motifs is 1. The van der Waals surface area contributed by atoms with Crippen molar-refractivity contribution in [3.63, 3.8) is 0 Å². The average Bonchev–Trinajstić information content (AvgIpc) is 2.48. The fourth-order valence-electron chi connectivity index (χ4n) is 1.94. The Hall–Kier alpha value is -2.04. The number of hydrogen-bond acceptors (Lipinski definition) is 3. The van der Waals surface area contributed by atoms with Gasteiger partial charge in [-0.25, -0.2) is 0 Å². The van der Waals surface area contributed by atoms with Gasteiger partial charge in [-0.1, -0.05) is 13.8 Å². The molecule has 0 fully saturated rings. The predicted octanol–water partition coefficient (Wildman–Crippen LogP) is 2.82. The summed E-state index contributed by atoms with van der Waals surface area (Å²) in [5, 5.41) is 6.31. The van der Waals surface area contributed by atoms with E-state index in [-0.39, 0.29) is 0 Å². The van der Waals surface area contributed by atoms with Gasteiger partial charge in [0.15, 0.2) is 0 Å². The first kappa shape index (κ1) is 15.0. The van der Waals surface area contributed by atoms with Crippen molar-refractivity contribution in [3.8, 4) is 5.75 Å². The number of nitrogens with zero attached hydrogens (tertiary/aromatic N) is 3. The van der Waals surface area contributed by atoms with Gasteiger partial charge in [0.2, 0.25) is 0 Å². The summed E-state index contributed by atoms with van der Waals surface area (Å²) in [4.78, 5) is 14.1. The highest BCUT2D eigenvalue weighted by molar-refractivity contribution is 5.97. The fraction of sp³-hybridized carbons (Fsp3) is 0.462. The zero-order chi connectivity index (χ0) is 14.3. The zero-order valence-corrected chi connectivity index (χ0v) is 11.4. The number of carbonyl (C=O) groups excluding carboxylic acids is 1. The number of hydrogen-bond donors (Lipinski definition) is 1. The molecule has 19 heavy (non-hydrogen) atoms. The molecule has 0 aromatic heterocycles. The van der Waals surface area contributed by atoms with Crippen LogP contribution in [0.3, 0.4) is 0 Å². The Kier molecular flexibility index (Phi) is 5.85. The molecule has 6 nitrogen and oxygen atoms in total. The molecule has 1 aromatic rings. The maximum Gasteiger partial charge on any atom is 0.252 e. The van der Waals surface area contributed by atoms with E-state index in [2.05, 4.69) is 15.3 Å². The van der Waals surface area contributed by atoms with E-state index in [1.165, 1.54) is 7.11 Å². The van der Waals surface area contributed by atoms with Gasteiger partial charge in [-0.05, 0) is 46.9 Å². The van der Waals surface area contributed by atoms with E-state index in [0.717, 1.165) is 30.6 Å². The number of rotatable bonds is 2. The van der Waals surface area contributed by atoms with Crippen LogP contribution in [0.15, 0.2) is 17.2 Å². The number of amides is 1. The summed E-state index contributed by atoms with van der Waals surface area (Å²) >= 11 is 0. The number of ether oxygens (including phenoxy) is 1. The van der Waals surface area contributed by atoms with Crippen molar-refractivity contribution in [2.75, 3.05) is 13.7 Å². The fourth-order valence-corrected chi connectivity index (χ4v) is 1.94. The molecule has 0 aliphatic carbocycles. The molecule has 1 N–H and O–H groups in total. The van der Waals surface area contributed by atoms with Gasteiger partial charge in [-0.2, -0.15) is 0 Å². The van der Waals surface area contributed by atoms with Crippen molar-refractivity contribution >= 4 is 5.91 Å². The Morgan fingerprint density at radius 1 is 1.42 bits per heavy atom. The molecule has 1 amide bonds. The molecule has 6 heteroatoms. The lowest BCUT2D eigenvalue weighted by Crippen LogP contribution is -2.24. The summed E-state index contributed by atoms with van der Waals surface area (Å²) < 4.78 is 5.15. The first-order valence-electron chi connectivity index (χ1n) is 6.26. The highest BCUT2D eigenvalue weighted by Gasteiger charge is 2.17. The number of nitrogens with one attached hydrogen (secondary N) is 1. The molecule has 0 spiro atoms. The van der Waals surface area contributed by atoms with Gasteiger partial charge < -0.3 is 10.1 Å². The van der Waals surface area contributed by atoms with Crippen molar-refractivity contribution in [1.29, 1.82) is 0 Å². The monoisotopic (exact) mass is 262 g/mol. The second kappa shape index (κ2) is 7.41. The summed E-state index contributed by atoms with van der Waals surface area (Å²) in [5.74, 6) is -0.152. The first-order valence-corrected chi connectivity index (χ1v) is 6.26. The van der Waals surface area contributed by atoms with Gasteiger partial charge in [0.1, 0.15) is 5.75 Å². The van der Waals surface area contributed by atoms with Crippen LogP contribution >= 0.6 is 0 Å². The molecule has 1 aliphatic rings. The Balaban J connectivity index is 0.000000861. The molecule has 0 bridgehead atoms. The summed E-state index contributed by atoms with van der Waals surface area (Å²) in [6.45, 7) is 5.63. The molecule has 0 saturated carbocycles. The SMILES string of the molecule is CC.COc1cc2c(cc1C(=O)N=[N+]=[N-])CNCC2. The lowest BCUT2D eigenvalue weighted by Gasteiger charge is -2.19. The topological polar surface area (TPSA) is 87.1 Å². The maximum absolute atomic E-state index is 11.6. The van der Waals surface area contributed by atoms with Crippen LogP contribution < -0.4 is 10.1 Å². The Morgan fingerprint density at radius 2 is 2.16 bits per heavy atom. The minimum atomic E-state index is -0.613. The molecule has 1 aliphatic heterocycles. The van der Waals surface area contributed by atoms with Gasteiger partial charge in [-0.3, -0.25) is 4.79 Å². The third-order valence-corrected chi connectivity index (χ3v) is 2.77. The molecule has 102 valence electrons. The van der Waals surface area contributed by atoms with Crippen LogP contribution in [-0.4, -0.2) is 19.6 Å². The van der Waals surface area contributed by atoms with Crippen molar-refractivity contribution in [3.05, 3.63) is 39.3 Å². The molecule has 1 heterocycles. The standard InChI is InChI=1S/C11H12N4O2.C2H6/c1-17-10-5-7-2-3-13-6-8(7)4-9(10)11(16)14-15-12;1-2/h4-5,13H,2-3,6H2,1H3;1-2H3. The van der Waals surface area contributed by atoms with E-state index in [1.807, 2.05) is 19.9 Å². The second-order valence-electron chi connectivity index (χ2n) is 3.74. The second-order valence-corrected chi connectivity index (χ2v) is 3.74. The normalized spacial score (nSPS) is 12.4. The molecule has 0 radical (unpaired) electrons. The summed E-state index contributed by atoms with van der Waals surface area (Å²) in [5.41, 5.74) is 10.8. The molecule has 0 unspecified atom stereocenters. The van der Waals surface area contributed by atoms with E-state index in [9.17, 15) is 4.79 Å². The lowest BCUT2D eigenvalue weighted by atomic mass is 9.97. The largest absolute Gasteiger partial charge is 0.496 e. The molecular formula is C13H18N4O2. The quantitative estimate of drug-likeness (QED) is 0.505. The van der Waals surface area contributed by atoms with Crippen LogP contribution in [-0.2, 0) is 13.0 Å². The van der Waals surface area contributed by atoms with Gasteiger partial charge in [0.05, 0.1) is 12.7 Å². The smallest absolute Gasteiger partial charge is 0.252 e. The molecule has 1 aromatic carbocycles. The minimum absolute atomic E-state index is 0.313. The summed E-state index contributed by atoms with van der Waals surface area (Å²) in [6.07, 6.45) is 0.904. The molecule has 0 saturated heterocycles. The van der Waals surface area contributed by atoms with Crippen LogP contribution in [0.2, 0.25) is 0 Å². The van der Waals surface area contributed by atoms with E-state index >= 15 is 0 Å². The van der Waals surface area contributed by atoms with Gasteiger partial charge in [0, 0.05) is 11.5 Å². The lowest BCUT2D eigenvalue weighted by molar-refractivity contribution is 0.0997. The number of benzene rings is 1. The zero-order valence-electron chi connectivity index (χ0n) is 11.4. The van der Waals surface area contributed by atoms with Gasteiger partial charge >= 0.3 is 0 Å². The van der Waals surface area contributed by atoms with E-state index in [1.54, 1.807) is 6.07 Å².